The van der Waals surface area contributed by atoms with Gasteiger partial charge in [0.05, 0.1) is 0 Å². The Kier molecular flexibility index (Phi) is 14.7. The molecule has 3 heteroatoms. The van der Waals surface area contributed by atoms with Gasteiger partial charge in [-0.2, -0.15) is 0 Å². The number of benzene rings is 2. The van der Waals surface area contributed by atoms with Crippen molar-refractivity contribution in [1.82, 2.24) is 0 Å². The van der Waals surface area contributed by atoms with Crippen molar-refractivity contribution in [3.63, 3.8) is 0 Å². The Balaban J connectivity index is 0.000000211. The van der Waals surface area contributed by atoms with Crippen molar-refractivity contribution in [2.45, 2.75) is 116 Å². The van der Waals surface area contributed by atoms with Crippen LogP contribution < -0.4 is 10.4 Å². The topological polar surface area (TPSA) is 0 Å². The first kappa shape index (κ1) is 37.2. The molecule has 244 valence electrons. The van der Waals surface area contributed by atoms with Crippen LogP contribution in [0.25, 0.3) is 0 Å². The summed E-state index contributed by atoms with van der Waals surface area (Å²) in [5, 5.41) is 3.29. The van der Waals surface area contributed by atoms with Gasteiger partial charge in [0.2, 0.25) is 0 Å². The van der Waals surface area contributed by atoms with Gasteiger partial charge in [0.15, 0.2) is 0 Å². The molecule has 0 aromatic heterocycles. The molecule has 6 rings (SSSR count). The van der Waals surface area contributed by atoms with E-state index in [0.717, 1.165) is 11.8 Å². The van der Waals surface area contributed by atoms with Crippen LogP contribution in [0.2, 0.25) is 36.3 Å². The second-order valence-electron chi connectivity index (χ2n) is 13.8. The number of hydrogen-bond donors (Lipinski definition) is 0. The van der Waals surface area contributed by atoms with E-state index in [2.05, 4.69) is 139 Å². The predicted molar refractivity (Wildman–Crippen MR) is 207 cm³/mol. The van der Waals surface area contributed by atoms with E-state index in [1.165, 1.54) is 113 Å². The summed E-state index contributed by atoms with van der Waals surface area (Å²) in [6.07, 6.45) is 26.1. The van der Waals surface area contributed by atoms with Crippen molar-refractivity contribution in [2.75, 3.05) is 0 Å². The number of fused-ring (bicyclic) bond motifs is 2. The summed E-state index contributed by atoms with van der Waals surface area (Å²) in [5.41, 5.74) is 5.98. The van der Waals surface area contributed by atoms with Gasteiger partial charge in [-0.3, -0.25) is 0 Å². The van der Waals surface area contributed by atoms with Gasteiger partial charge in [-0.1, -0.05) is 12.8 Å². The SMILES string of the molecule is C1=CCC2CC[CH-]C2=C1.C1=CCC2CC[CH-]C2=C1.CC[Si](CC)(CC)c1ccc([C](=[Zr+2])c2ccc([Si](CC)(CC)CC)cc2)cc1. The monoisotopic (exact) mass is 722 g/mol. The van der Waals surface area contributed by atoms with Crippen molar-refractivity contribution in [2.24, 2.45) is 11.8 Å². The zero-order valence-electron chi connectivity index (χ0n) is 29.9. The molecule has 2 aromatic carbocycles. The van der Waals surface area contributed by atoms with Crippen LogP contribution in [0.5, 0.6) is 0 Å². The maximum atomic E-state index is 2.44. The first-order valence-electron chi connectivity index (χ1n) is 18.6. The Bertz CT molecular complexity index is 1240. The van der Waals surface area contributed by atoms with Gasteiger partial charge in [-0.25, -0.2) is 36.1 Å². The Morgan fingerprint density at radius 3 is 1.24 bits per heavy atom. The summed E-state index contributed by atoms with van der Waals surface area (Å²) in [4.78, 5) is 0. The van der Waals surface area contributed by atoms with Crippen LogP contribution in [-0.4, -0.2) is 19.4 Å². The van der Waals surface area contributed by atoms with Gasteiger partial charge in [0.1, 0.15) is 0 Å². The third-order valence-electron chi connectivity index (χ3n) is 12.1. The Labute approximate surface area is 300 Å². The van der Waals surface area contributed by atoms with Crippen LogP contribution in [0.1, 0.15) is 91.2 Å². The fourth-order valence-electron chi connectivity index (χ4n) is 8.20. The van der Waals surface area contributed by atoms with Gasteiger partial charge < -0.3 is 0 Å². The average molecular weight is 724 g/mol. The minimum absolute atomic E-state index is 0.884. The van der Waals surface area contributed by atoms with E-state index < -0.39 is 16.1 Å². The predicted octanol–water partition coefficient (Wildman–Crippen LogP) is 11.2. The normalized spacial score (nSPS) is 19.7. The Morgan fingerprint density at radius 2 is 0.935 bits per heavy atom. The molecule has 0 nitrogen and oxygen atoms in total. The molecule has 4 aliphatic rings. The van der Waals surface area contributed by atoms with Crippen LogP contribution >= 0.6 is 0 Å². The Hall–Kier alpha value is -1.67. The van der Waals surface area contributed by atoms with Crippen LogP contribution in [0, 0.1) is 24.7 Å². The van der Waals surface area contributed by atoms with Gasteiger partial charge in [0.25, 0.3) is 0 Å². The second-order valence-corrected chi connectivity index (χ2v) is 25.6. The quantitative estimate of drug-likeness (QED) is 0.169. The van der Waals surface area contributed by atoms with Crippen molar-refractivity contribution in [3.8, 4) is 0 Å². The van der Waals surface area contributed by atoms with Crippen molar-refractivity contribution in [3.05, 3.63) is 120 Å². The molecule has 0 saturated heterocycles. The van der Waals surface area contributed by atoms with E-state index in [4.69, 9.17) is 0 Å². The average Bonchev–Trinajstić information content (AvgIpc) is 3.81. The van der Waals surface area contributed by atoms with Crippen LogP contribution in [0.4, 0.5) is 0 Å². The number of allylic oxidation sites excluding steroid dienone is 8. The summed E-state index contributed by atoms with van der Waals surface area (Å²) in [5.74, 6) is 1.77. The van der Waals surface area contributed by atoms with Gasteiger partial charge in [-0.05, 0) is 24.7 Å². The third kappa shape index (κ3) is 8.86. The zero-order valence-corrected chi connectivity index (χ0v) is 34.3. The number of rotatable bonds is 10. The van der Waals surface area contributed by atoms with Gasteiger partial charge in [0, 0.05) is 0 Å². The fraction of sp³-hybridized carbons (Fsp3) is 0.465. The van der Waals surface area contributed by atoms with Crippen molar-refractivity contribution < 1.29 is 24.2 Å². The molecule has 0 radical (unpaired) electrons. The summed E-state index contributed by atoms with van der Waals surface area (Å²) < 4.78 is 1.49. The first-order chi connectivity index (χ1) is 22.4. The Morgan fingerprint density at radius 1 is 0.587 bits per heavy atom. The molecule has 4 aliphatic carbocycles. The standard InChI is InChI=1S/C25H38Si2.2C9H11.Zr/c1-7-26(8-2,9-3)24-17-13-22(14-18-24)21-23-15-19-25(20-16-23)27(10-4,11-5)12-6;2*1-2-5-9-7-3-6-8(9)4-1;/h13-20H,7-12H2,1-6H3;2*1-2,4,6,9H,3,5,7H2;/q;2*-1;+2. The van der Waals surface area contributed by atoms with E-state index in [9.17, 15) is 0 Å². The van der Waals surface area contributed by atoms with E-state index in [-0.39, 0.29) is 0 Å². The molecule has 2 fully saturated rings. The number of hydrogen-bond acceptors (Lipinski definition) is 0. The minimum atomic E-state index is -1.27. The third-order valence-corrected chi connectivity index (χ3v) is 24.7. The molecule has 2 unspecified atom stereocenters. The van der Waals surface area contributed by atoms with E-state index in [1.54, 1.807) is 21.5 Å². The molecule has 46 heavy (non-hydrogen) atoms. The summed E-state index contributed by atoms with van der Waals surface area (Å²) in [6, 6.07) is 27.5. The van der Waals surface area contributed by atoms with Gasteiger partial charge >= 0.3 is 191 Å². The van der Waals surface area contributed by atoms with Crippen molar-refractivity contribution >= 4 is 29.7 Å². The maximum absolute atomic E-state index is 2.44. The molecule has 0 heterocycles. The summed E-state index contributed by atoms with van der Waals surface area (Å²) >= 11 is 1.50. The van der Waals surface area contributed by atoms with Crippen LogP contribution in [-0.2, 0) is 24.2 Å². The molecule has 2 atom stereocenters. The summed E-state index contributed by atoms with van der Waals surface area (Å²) in [7, 11) is -2.54. The molecule has 2 saturated carbocycles. The molecular weight excluding hydrogens is 664 g/mol. The fourth-order valence-corrected chi connectivity index (χ4v) is 16.2. The molecule has 0 N–H and O–H groups in total. The van der Waals surface area contributed by atoms with Crippen molar-refractivity contribution in [1.29, 1.82) is 0 Å². The molecular formula is C43H60Si2Zr. The van der Waals surface area contributed by atoms with E-state index >= 15 is 0 Å². The molecule has 0 amide bonds. The molecule has 0 spiro atoms. The molecule has 0 bridgehead atoms. The van der Waals surface area contributed by atoms with Crippen LogP contribution in [0.3, 0.4) is 0 Å². The summed E-state index contributed by atoms with van der Waals surface area (Å²) in [6.45, 7) is 14.3. The zero-order chi connectivity index (χ0) is 33.0. The van der Waals surface area contributed by atoms with Crippen LogP contribution in [0.15, 0.2) is 96.1 Å². The second kappa shape index (κ2) is 18.2. The first-order valence-corrected chi connectivity index (χ1v) is 25.1. The molecule has 0 aliphatic heterocycles. The van der Waals surface area contributed by atoms with E-state index in [1.807, 2.05) is 0 Å². The molecule has 2 aromatic rings. The van der Waals surface area contributed by atoms with E-state index in [0.29, 0.717) is 0 Å². The van der Waals surface area contributed by atoms with Gasteiger partial charge in [-0.15, -0.1) is 37.1 Å².